The van der Waals surface area contributed by atoms with E-state index in [2.05, 4.69) is 15.8 Å². The number of nitrogens with one attached hydrogen (secondary N) is 2. The number of ether oxygens (including phenoxy) is 2. The van der Waals surface area contributed by atoms with Crippen LogP contribution in [0.1, 0.15) is 5.56 Å². The number of carbonyl (C=O) groups is 1. The molecule has 0 radical (unpaired) electrons. The van der Waals surface area contributed by atoms with Gasteiger partial charge in [0.2, 0.25) is 0 Å². The van der Waals surface area contributed by atoms with Crippen molar-refractivity contribution in [2.45, 2.75) is 0 Å². The van der Waals surface area contributed by atoms with Crippen LogP contribution >= 0.6 is 11.6 Å². The molecule has 2 aromatic carbocycles. The summed E-state index contributed by atoms with van der Waals surface area (Å²) in [6.07, 6.45) is 1.51. The number of anilines is 1. The summed E-state index contributed by atoms with van der Waals surface area (Å²) in [7, 11) is 3.13. The van der Waals surface area contributed by atoms with Gasteiger partial charge in [-0.25, -0.2) is 5.43 Å². The summed E-state index contributed by atoms with van der Waals surface area (Å²) >= 11 is 5.88. The Morgan fingerprint density at radius 2 is 2.04 bits per heavy atom. The molecule has 126 valence electrons. The Kier molecular flexibility index (Phi) is 6.45. The van der Waals surface area contributed by atoms with Crippen LogP contribution in [0.3, 0.4) is 0 Å². The van der Waals surface area contributed by atoms with Crippen LogP contribution in [-0.2, 0) is 4.79 Å². The van der Waals surface area contributed by atoms with E-state index in [1.165, 1.54) is 6.21 Å². The molecule has 7 heteroatoms. The molecule has 0 spiro atoms. The molecular formula is C17H18ClN3O3. The fourth-order valence-electron chi connectivity index (χ4n) is 1.92. The van der Waals surface area contributed by atoms with Crippen molar-refractivity contribution in [3.8, 4) is 11.5 Å². The molecular weight excluding hydrogens is 330 g/mol. The van der Waals surface area contributed by atoms with Gasteiger partial charge in [0.05, 0.1) is 27.0 Å². The van der Waals surface area contributed by atoms with E-state index >= 15 is 0 Å². The van der Waals surface area contributed by atoms with Gasteiger partial charge in [-0.2, -0.15) is 5.10 Å². The molecule has 1 amide bonds. The van der Waals surface area contributed by atoms with Crippen LogP contribution in [0, 0.1) is 0 Å². The topological polar surface area (TPSA) is 72.0 Å². The second-order valence-corrected chi connectivity index (χ2v) is 5.20. The molecule has 2 N–H and O–H groups in total. The highest BCUT2D eigenvalue weighted by Gasteiger charge is 2.03. The normalized spacial score (nSPS) is 10.5. The number of hydrogen-bond donors (Lipinski definition) is 2. The third-order valence-corrected chi connectivity index (χ3v) is 3.35. The van der Waals surface area contributed by atoms with E-state index in [1.54, 1.807) is 50.6 Å². The zero-order chi connectivity index (χ0) is 17.4. The highest BCUT2D eigenvalue weighted by Crippen LogP contribution is 2.22. The number of methoxy groups -OCH3 is 2. The first-order valence-electron chi connectivity index (χ1n) is 7.15. The van der Waals surface area contributed by atoms with Crippen molar-refractivity contribution in [1.29, 1.82) is 0 Å². The van der Waals surface area contributed by atoms with Crippen LogP contribution in [0.2, 0.25) is 5.02 Å². The third-order valence-electron chi connectivity index (χ3n) is 3.11. The lowest BCUT2D eigenvalue weighted by molar-refractivity contribution is -0.119. The van der Waals surface area contributed by atoms with Gasteiger partial charge in [0.15, 0.2) is 0 Å². The summed E-state index contributed by atoms with van der Waals surface area (Å²) in [5.74, 6) is 1.00. The van der Waals surface area contributed by atoms with Gasteiger partial charge in [-0.05, 0) is 30.3 Å². The van der Waals surface area contributed by atoms with Crippen LogP contribution in [-0.4, -0.2) is 32.9 Å². The zero-order valence-electron chi connectivity index (χ0n) is 13.4. The van der Waals surface area contributed by atoms with Crippen molar-refractivity contribution in [3.05, 3.63) is 53.1 Å². The number of halogens is 1. The predicted octanol–water partition coefficient (Wildman–Crippen LogP) is 2.92. The van der Waals surface area contributed by atoms with Crippen molar-refractivity contribution >= 4 is 29.4 Å². The van der Waals surface area contributed by atoms with E-state index in [0.29, 0.717) is 16.5 Å². The quantitative estimate of drug-likeness (QED) is 0.596. The minimum atomic E-state index is -0.279. The molecule has 0 saturated carbocycles. The van der Waals surface area contributed by atoms with Crippen LogP contribution in [0.25, 0.3) is 0 Å². The van der Waals surface area contributed by atoms with Crippen LogP contribution in [0.5, 0.6) is 11.5 Å². The molecule has 0 aliphatic rings. The Bertz CT molecular complexity index is 735. The fourth-order valence-corrected chi connectivity index (χ4v) is 2.11. The van der Waals surface area contributed by atoms with Crippen LogP contribution in [0.15, 0.2) is 47.6 Å². The number of benzene rings is 2. The standard InChI is InChI=1S/C17H18ClN3O3/c1-23-15-7-6-12(16(9-15)24-2)10-20-21-17(22)11-19-14-5-3-4-13(18)8-14/h3-10,19H,11H2,1-2H3,(H,21,22). The Morgan fingerprint density at radius 3 is 2.75 bits per heavy atom. The maximum absolute atomic E-state index is 11.8. The molecule has 0 bridgehead atoms. The van der Waals surface area contributed by atoms with E-state index in [0.717, 1.165) is 11.3 Å². The summed E-state index contributed by atoms with van der Waals surface area (Å²) in [4.78, 5) is 11.8. The van der Waals surface area contributed by atoms with Gasteiger partial charge in [-0.1, -0.05) is 17.7 Å². The first-order valence-corrected chi connectivity index (χ1v) is 7.53. The summed E-state index contributed by atoms with van der Waals surface area (Å²) in [6, 6.07) is 12.4. The Hall–Kier alpha value is -2.73. The van der Waals surface area contributed by atoms with Crippen molar-refractivity contribution in [2.75, 3.05) is 26.1 Å². The Balaban J connectivity index is 1.88. The average molecular weight is 348 g/mol. The van der Waals surface area contributed by atoms with Gasteiger partial charge >= 0.3 is 0 Å². The minimum Gasteiger partial charge on any atom is -0.497 e. The average Bonchev–Trinajstić information content (AvgIpc) is 2.60. The lowest BCUT2D eigenvalue weighted by Crippen LogP contribution is -2.25. The Morgan fingerprint density at radius 1 is 1.21 bits per heavy atom. The van der Waals surface area contributed by atoms with E-state index in [-0.39, 0.29) is 12.5 Å². The number of rotatable bonds is 7. The molecule has 0 saturated heterocycles. The molecule has 2 rings (SSSR count). The summed E-state index contributed by atoms with van der Waals surface area (Å²) in [6.45, 7) is 0.0808. The molecule has 6 nitrogen and oxygen atoms in total. The second-order valence-electron chi connectivity index (χ2n) is 4.76. The second kappa shape index (κ2) is 8.79. The van der Waals surface area contributed by atoms with Crippen molar-refractivity contribution in [3.63, 3.8) is 0 Å². The van der Waals surface area contributed by atoms with Gasteiger partial charge < -0.3 is 14.8 Å². The number of nitrogens with zero attached hydrogens (tertiary/aromatic N) is 1. The summed E-state index contributed by atoms with van der Waals surface area (Å²) in [5.41, 5.74) is 3.93. The lowest BCUT2D eigenvalue weighted by atomic mass is 10.2. The van der Waals surface area contributed by atoms with Gasteiger partial charge in [-0.15, -0.1) is 0 Å². The summed E-state index contributed by atoms with van der Waals surface area (Å²) in [5, 5.41) is 7.49. The van der Waals surface area contributed by atoms with Crippen molar-refractivity contribution in [2.24, 2.45) is 5.10 Å². The largest absolute Gasteiger partial charge is 0.497 e. The minimum absolute atomic E-state index is 0.0808. The lowest BCUT2D eigenvalue weighted by Gasteiger charge is -2.07. The molecule has 0 aromatic heterocycles. The first kappa shape index (κ1) is 17.6. The van der Waals surface area contributed by atoms with E-state index in [9.17, 15) is 4.79 Å². The third kappa shape index (κ3) is 5.17. The van der Waals surface area contributed by atoms with Crippen molar-refractivity contribution in [1.82, 2.24) is 5.43 Å². The molecule has 2 aromatic rings. The number of carbonyl (C=O) groups excluding carboxylic acids is 1. The molecule has 0 unspecified atom stereocenters. The van der Waals surface area contributed by atoms with Crippen LogP contribution in [0.4, 0.5) is 5.69 Å². The monoisotopic (exact) mass is 347 g/mol. The zero-order valence-corrected chi connectivity index (χ0v) is 14.1. The van der Waals surface area contributed by atoms with Crippen molar-refractivity contribution < 1.29 is 14.3 Å². The molecule has 0 aliphatic carbocycles. The predicted molar refractivity (Wildman–Crippen MR) is 95.2 cm³/mol. The summed E-state index contributed by atoms with van der Waals surface area (Å²) < 4.78 is 10.4. The highest BCUT2D eigenvalue weighted by atomic mass is 35.5. The molecule has 0 fully saturated rings. The SMILES string of the molecule is COc1ccc(C=NNC(=O)CNc2cccc(Cl)c2)c(OC)c1. The van der Waals surface area contributed by atoms with E-state index in [4.69, 9.17) is 21.1 Å². The molecule has 0 aliphatic heterocycles. The number of amides is 1. The molecule has 24 heavy (non-hydrogen) atoms. The maximum atomic E-state index is 11.8. The Labute approximate surface area is 145 Å². The number of hydrazone groups is 1. The van der Waals surface area contributed by atoms with Gasteiger partial charge in [-0.3, -0.25) is 4.79 Å². The smallest absolute Gasteiger partial charge is 0.259 e. The fraction of sp³-hybridized carbons (Fsp3) is 0.176. The van der Waals surface area contributed by atoms with E-state index in [1.807, 2.05) is 6.07 Å². The van der Waals surface area contributed by atoms with Gasteiger partial charge in [0, 0.05) is 22.3 Å². The highest BCUT2D eigenvalue weighted by molar-refractivity contribution is 6.30. The van der Waals surface area contributed by atoms with Gasteiger partial charge in [0.1, 0.15) is 11.5 Å². The first-order chi connectivity index (χ1) is 11.6. The van der Waals surface area contributed by atoms with E-state index < -0.39 is 0 Å². The maximum Gasteiger partial charge on any atom is 0.259 e. The van der Waals surface area contributed by atoms with Gasteiger partial charge in [0.25, 0.3) is 5.91 Å². The van der Waals surface area contributed by atoms with Crippen LogP contribution < -0.4 is 20.2 Å². The number of hydrogen-bond acceptors (Lipinski definition) is 5. The molecule has 0 atom stereocenters. The molecule has 0 heterocycles.